The SMILES string of the molecule is CCc1cc(-c2ccccc2)nc2c1ccc1ccc(C3=NC(c4ccc(-c5ccccc5)cc4)=NC(c4ccccc4)=NC3)nc12. The summed E-state index contributed by atoms with van der Waals surface area (Å²) in [6.45, 7) is 2.54. The number of aromatic nitrogens is 2. The van der Waals surface area contributed by atoms with Crippen molar-refractivity contribution >= 4 is 39.2 Å². The number of fused-ring (bicyclic) bond motifs is 3. The molecule has 0 saturated heterocycles. The average molecular weight is 606 g/mol. The van der Waals surface area contributed by atoms with Gasteiger partial charge in [-0.1, -0.05) is 140 Å². The van der Waals surface area contributed by atoms with Crippen molar-refractivity contribution in [2.24, 2.45) is 15.0 Å². The van der Waals surface area contributed by atoms with Crippen molar-refractivity contribution in [3.05, 3.63) is 168 Å². The molecule has 7 aromatic rings. The minimum Gasteiger partial charge on any atom is -0.260 e. The summed E-state index contributed by atoms with van der Waals surface area (Å²) in [6, 6.07) is 49.9. The molecule has 2 aromatic heterocycles. The quantitative estimate of drug-likeness (QED) is 0.177. The van der Waals surface area contributed by atoms with E-state index in [0.717, 1.165) is 67.6 Å². The lowest BCUT2D eigenvalue weighted by Gasteiger charge is -2.12. The van der Waals surface area contributed by atoms with Crippen LogP contribution in [-0.2, 0) is 6.42 Å². The minimum absolute atomic E-state index is 0.353. The number of pyridine rings is 2. The molecule has 0 bridgehead atoms. The van der Waals surface area contributed by atoms with Gasteiger partial charge in [0.15, 0.2) is 11.7 Å². The molecule has 0 aliphatic carbocycles. The van der Waals surface area contributed by atoms with Crippen molar-refractivity contribution in [2.75, 3.05) is 6.54 Å². The Morgan fingerprint density at radius 1 is 0.489 bits per heavy atom. The first-order valence-corrected chi connectivity index (χ1v) is 15.9. The van der Waals surface area contributed by atoms with Crippen LogP contribution < -0.4 is 0 Å². The molecule has 0 radical (unpaired) electrons. The molecule has 5 nitrogen and oxygen atoms in total. The number of aryl methyl sites for hydroxylation is 1. The second-order valence-electron chi connectivity index (χ2n) is 11.6. The number of aliphatic imine (C=N–C) groups is 3. The highest BCUT2D eigenvalue weighted by atomic mass is 15.0. The van der Waals surface area contributed by atoms with Crippen molar-refractivity contribution in [1.29, 1.82) is 0 Å². The van der Waals surface area contributed by atoms with E-state index in [1.165, 1.54) is 11.1 Å². The van der Waals surface area contributed by atoms with Gasteiger partial charge in [0.1, 0.15) is 0 Å². The Balaban J connectivity index is 1.26. The van der Waals surface area contributed by atoms with E-state index in [1.807, 2.05) is 48.5 Å². The van der Waals surface area contributed by atoms with Crippen LogP contribution in [0.2, 0.25) is 0 Å². The van der Waals surface area contributed by atoms with Gasteiger partial charge in [0.2, 0.25) is 0 Å². The second kappa shape index (κ2) is 12.4. The Hall–Kier alpha value is -6.07. The molecular weight excluding hydrogens is 574 g/mol. The van der Waals surface area contributed by atoms with Crippen molar-refractivity contribution in [3.63, 3.8) is 0 Å². The zero-order valence-corrected chi connectivity index (χ0v) is 26.0. The molecule has 5 heteroatoms. The van der Waals surface area contributed by atoms with Crippen LogP contribution in [0.25, 0.3) is 44.2 Å². The predicted molar refractivity (Wildman–Crippen MR) is 195 cm³/mol. The van der Waals surface area contributed by atoms with E-state index in [4.69, 9.17) is 24.9 Å². The molecule has 0 spiro atoms. The molecule has 0 unspecified atom stereocenters. The van der Waals surface area contributed by atoms with Gasteiger partial charge in [-0.15, -0.1) is 0 Å². The van der Waals surface area contributed by atoms with Gasteiger partial charge in [0.25, 0.3) is 0 Å². The highest BCUT2D eigenvalue weighted by molar-refractivity contribution is 6.20. The summed E-state index contributed by atoms with van der Waals surface area (Å²) in [5.41, 5.74) is 10.7. The third kappa shape index (κ3) is 5.64. The van der Waals surface area contributed by atoms with E-state index in [-0.39, 0.29) is 0 Å². The lowest BCUT2D eigenvalue weighted by Crippen LogP contribution is -2.11. The van der Waals surface area contributed by atoms with Crippen LogP contribution in [0.4, 0.5) is 0 Å². The summed E-state index contributed by atoms with van der Waals surface area (Å²) in [6.07, 6.45) is 0.899. The minimum atomic E-state index is 0.353. The maximum absolute atomic E-state index is 5.24. The topological polar surface area (TPSA) is 62.9 Å². The Bertz CT molecular complexity index is 2320. The van der Waals surface area contributed by atoms with Gasteiger partial charge in [0, 0.05) is 27.5 Å². The Morgan fingerprint density at radius 2 is 1.06 bits per heavy atom. The number of benzene rings is 5. The first kappa shape index (κ1) is 28.4. The van der Waals surface area contributed by atoms with Gasteiger partial charge in [-0.3, -0.25) is 4.99 Å². The Morgan fingerprint density at radius 3 is 1.77 bits per heavy atom. The van der Waals surface area contributed by atoms with Crippen LogP contribution >= 0.6 is 0 Å². The monoisotopic (exact) mass is 605 g/mol. The van der Waals surface area contributed by atoms with Gasteiger partial charge in [0.05, 0.1) is 34.7 Å². The average Bonchev–Trinajstić information content (AvgIpc) is 3.39. The fourth-order valence-corrected chi connectivity index (χ4v) is 6.08. The van der Waals surface area contributed by atoms with Crippen LogP contribution in [0, 0.1) is 0 Å². The van der Waals surface area contributed by atoms with Crippen LogP contribution in [0.15, 0.2) is 161 Å². The molecule has 0 saturated carbocycles. The molecule has 0 fully saturated rings. The summed E-state index contributed by atoms with van der Waals surface area (Å²) >= 11 is 0. The van der Waals surface area contributed by atoms with Gasteiger partial charge in [-0.05, 0) is 35.2 Å². The van der Waals surface area contributed by atoms with Crippen molar-refractivity contribution < 1.29 is 0 Å². The number of nitrogens with zero attached hydrogens (tertiary/aromatic N) is 5. The zero-order chi connectivity index (χ0) is 31.6. The second-order valence-corrected chi connectivity index (χ2v) is 11.6. The molecule has 1 aliphatic rings. The van der Waals surface area contributed by atoms with Crippen LogP contribution in [0.5, 0.6) is 0 Å². The lowest BCUT2D eigenvalue weighted by atomic mass is 10.0. The van der Waals surface area contributed by atoms with E-state index >= 15 is 0 Å². The molecule has 5 aromatic carbocycles. The Kier molecular flexibility index (Phi) is 7.48. The smallest absolute Gasteiger partial charge is 0.162 e. The van der Waals surface area contributed by atoms with E-state index in [9.17, 15) is 0 Å². The maximum Gasteiger partial charge on any atom is 0.162 e. The largest absolute Gasteiger partial charge is 0.260 e. The van der Waals surface area contributed by atoms with Gasteiger partial charge < -0.3 is 0 Å². The highest BCUT2D eigenvalue weighted by Gasteiger charge is 2.18. The van der Waals surface area contributed by atoms with Crippen LogP contribution in [0.1, 0.15) is 29.3 Å². The molecule has 8 rings (SSSR count). The first-order valence-electron chi connectivity index (χ1n) is 15.9. The van der Waals surface area contributed by atoms with Gasteiger partial charge in [-0.2, -0.15) is 0 Å². The predicted octanol–water partition coefficient (Wildman–Crippen LogP) is 9.38. The fourth-order valence-electron chi connectivity index (χ4n) is 6.08. The van der Waals surface area contributed by atoms with E-state index in [2.05, 4.69) is 104 Å². The summed E-state index contributed by atoms with van der Waals surface area (Å²) in [4.78, 5) is 25.5. The highest BCUT2D eigenvalue weighted by Crippen LogP contribution is 2.30. The molecule has 0 amide bonds. The summed E-state index contributed by atoms with van der Waals surface area (Å²) in [5.74, 6) is 1.26. The first-order chi connectivity index (χ1) is 23.2. The van der Waals surface area contributed by atoms with E-state index < -0.39 is 0 Å². The normalized spacial score (nSPS) is 13.2. The number of hydrogen-bond donors (Lipinski definition) is 0. The maximum atomic E-state index is 5.24. The molecule has 1 aliphatic heterocycles. The van der Waals surface area contributed by atoms with E-state index in [0.29, 0.717) is 18.2 Å². The zero-order valence-electron chi connectivity index (χ0n) is 26.0. The van der Waals surface area contributed by atoms with Crippen molar-refractivity contribution in [3.8, 4) is 22.4 Å². The summed E-state index contributed by atoms with van der Waals surface area (Å²) in [5, 5.41) is 2.16. The molecule has 3 heterocycles. The summed E-state index contributed by atoms with van der Waals surface area (Å²) < 4.78 is 0. The molecular formula is C42H31N5. The third-order valence-electron chi connectivity index (χ3n) is 8.58. The van der Waals surface area contributed by atoms with Gasteiger partial charge in [-0.25, -0.2) is 20.0 Å². The molecule has 47 heavy (non-hydrogen) atoms. The number of rotatable bonds is 6. The molecule has 0 N–H and O–H groups in total. The fraction of sp³-hybridized carbons (Fsp3) is 0.0714. The van der Waals surface area contributed by atoms with Crippen molar-refractivity contribution in [1.82, 2.24) is 9.97 Å². The standard InChI is InChI=1S/C42H31N5/c1-2-28-26-37(31-14-8-4-9-15-31)45-40-35(28)24-22-32-23-25-36(44-39(32)40)38-27-43-41(33-16-10-5-11-17-33)47-42(46-38)34-20-18-30(19-21-34)29-12-6-3-7-13-29/h3-26H,2,27H2,1H3. The van der Waals surface area contributed by atoms with E-state index in [1.54, 1.807) is 0 Å². The third-order valence-corrected chi connectivity index (χ3v) is 8.58. The van der Waals surface area contributed by atoms with Crippen LogP contribution in [-0.4, -0.2) is 33.9 Å². The van der Waals surface area contributed by atoms with Gasteiger partial charge >= 0.3 is 0 Å². The van der Waals surface area contributed by atoms with Crippen molar-refractivity contribution in [2.45, 2.75) is 13.3 Å². The summed E-state index contributed by atoms with van der Waals surface area (Å²) in [7, 11) is 0. The Labute approximate surface area is 273 Å². The molecule has 0 atom stereocenters. The van der Waals surface area contributed by atoms with Crippen LogP contribution in [0.3, 0.4) is 0 Å². The number of amidine groups is 2. The lowest BCUT2D eigenvalue weighted by molar-refractivity contribution is 1.15. The number of hydrogen-bond acceptors (Lipinski definition) is 5. The molecule has 224 valence electrons.